The van der Waals surface area contributed by atoms with E-state index in [2.05, 4.69) is 20.8 Å². The highest BCUT2D eigenvalue weighted by Gasteiger charge is 2.30. The lowest BCUT2D eigenvalue weighted by Gasteiger charge is -2.34. The van der Waals surface area contributed by atoms with Crippen LogP contribution in [-0.4, -0.2) is 49.7 Å². The Hall–Kier alpha value is -2.18. The molecule has 2 aromatic carbocycles. The maximum absolute atomic E-state index is 12.8. The molecule has 1 aliphatic rings. The first kappa shape index (κ1) is 20.6. The Labute approximate surface area is 168 Å². The standard InChI is InChI=1S/C22H28N2O3S/c1-17-5-11-20(12-6-17)28(26,27)24-15-13-23(14-16-24)21(25)18-7-9-19(10-8-18)22(2,3)4/h5-12H,13-16H2,1-4H3. The summed E-state index contributed by atoms with van der Waals surface area (Å²) in [5, 5.41) is 0. The number of piperazine rings is 1. The number of hydrogen-bond acceptors (Lipinski definition) is 3. The van der Waals surface area contributed by atoms with E-state index in [1.807, 2.05) is 31.2 Å². The minimum atomic E-state index is -3.52. The summed E-state index contributed by atoms with van der Waals surface area (Å²) in [7, 11) is -3.52. The normalized spacial score (nSPS) is 16.2. The lowest BCUT2D eigenvalue weighted by atomic mass is 9.86. The highest BCUT2D eigenvalue weighted by atomic mass is 32.2. The van der Waals surface area contributed by atoms with Crippen LogP contribution < -0.4 is 0 Å². The molecule has 0 aromatic heterocycles. The van der Waals surface area contributed by atoms with E-state index >= 15 is 0 Å². The van der Waals surface area contributed by atoms with Crippen LogP contribution in [-0.2, 0) is 15.4 Å². The predicted octanol–water partition coefficient (Wildman–Crippen LogP) is 3.44. The van der Waals surface area contributed by atoms with E-state index in [4.69, 9.17) is 0 Å². The number of carbonyl (C=O) groups is 1. The number of amides is 1. The molecule has 0 radical (unpaired) electrons. The van der Waals surface area contributed by atoms with Crippen LogP contribution in [0, 0.1) is 6.92 Å². The van der Waals surface area contributed by atoms with Crippen LogP contribution in [0.25, 0.3) is 0 Å². The van der Waals surface area contributed by atoms with Gasteiger partial charge < -0.3 is 4.90 Å². The Balaban J connectivity index is 1.66. The topological polar surface area (TPSA) is 57.7 Å². The fourth-order valence-corrected chi connectivity index (χ4v) is 4.71. The third-order valence-corrected chi connectivity index (χ3v) is 7.10. The summed E-state index contributed by atoms with van der Waals surface area (Å²) in [4.78, 5) is 14.8. The van der Waals surface area contributed by atoms with Gasteiger partial charge in [-0.05, 0) is 42.2 Å². The molecule has 0 bridgehead atoms. The van der Waals surface area contributed by atoms with E-state index in [1.165, 1.54) is 9.87 Å². The van der Waals surface area contributed by atoms with Gasteiger partial charge >= 0.3 is 0 Å². The monoisotopic (exact) mass is 400 g/mol. The summed E-state index contributed by atoms with van der Waals surface area (Å²) in [6, 6.07) is 14.6. The molecular weight excluding hydrogens is 372 g/mol. The second-order valence-corrected chi connectivity index (χ2v) is 10.3. The van der Waals surface area contributed by atoms with Crippen LogP contribution in [0.4, 0.5) is 0 Å². The lowest BCUT2D eigenvalue weighted by Crippen LogP contribution is -2.50. The summed E-state index contributed by atoms with van der Waals surface area (Å²) >= 11 is 0. The number of rotatable bonds is 3. The molecule has 0 aliphatic carbocycles. The van der Waals surface area contributed by atoms with Gasteiger partial charge in [-0.2, -0.15) is 4.31 Å². The molecule has 1 heterocycles. The van der Waals surface area contributed by atoms with Crippen LogP contribution in [0.15, 0.2) is 53.4 Å². The van der Waals surface area contributed by atoms with Crippen molar-refractivity contribution in [2.24, 2.45) is 0 Å². The van der Waals surface area contributed by atoms with E-state index in [0.29, 0.717) is 36.6 Å². The number of carbonyl (C=O) groups excluding carboxylic acids is 1. The van der Waals surface area contributed by atoms with Crippen molar-refractivity contribution >= 4 is 15.9 Å². The molecule has 1 saturated heterocycles. The molecule has 5 nitrogen and oxygen atoms in total. The molecule has 0 N–H and O–H groups in total. The zero-order chi connectivity index (χ0) is 20.5. The molecule has 1 fully saturated rings. The zero-order valence-electron chi connectivity index (χ0n) is 17.0. The smallest absolute Gasteiger partial charge is 0.253 e. The average Bonchev–Trinajstić information content (AvgIpc) is 2.67. The summed E-state index contributed by atoms with van der Waals surface area (Å²) in [6.07, 6.45) is 0. The highest BCUT2D eigenvalue weighted by molar-refractivity contribution is 7.89. The van der Waals surface area contributed by atoms with Crippen molar-refractivity contribution in [3.8, 4) is 0 Å². The molecule has 6 heteroatoms. The van der Waals surface area contributed by atoms with Gasteiger partial charge in [0, 0.05) is 31.7 Å². The Morgan fingerprint density at radius 3 is 1.89 bits per heavy atom. The largest absolute Gasteiger partial charge is 0.336 e. The van der Waals surface area contributed by atoms with Gasteiger partial charge in [0.25, 0.3) is 5.91 Å². The highest BCUT2D eigenvalue weighted by Crippen LogP contribution is 2.23. The molecule has 2 aromatic rings. The second kappa shape index (κ2) is 7.68. The first-order chi connectivity index (χ1) is 13.1. The minimum absolute atomic E-state index is 0.0392. The Kier molecular flexibility index (Phi) is 5.64. The van der Waals surface area contributed by atoms with Crippen molar-refractivity contribution in [3.63, 3.8) is 0 Å². The second-order valence-electron chi connectivity index (χ2n) is 8.34. The molecule has 150 valence electrons. The first-order valence-electron chi connectivity index (χ1n) is 9.56. The molecule has 28 heavy (non-hydrogen) atoms. The third-order valence-electron chi connectivity index (χ3n) is 5.18. The van der Waals surface area contributed by atoms with E-state index in [0.717, 1.165) is 5.56 Å². The van der Waals surface area contributed by atoms with Crippen LogP contribution >= 0.6 is 0 Å². The molecule has 0 unspecified atom stereocenters. The van der Waals surface area contributed by atoms with Gasteiger partial charge in [0.1, 0.15) is 0 Å². The summed E-state index contributed by atoms with van der Waals surface area (Å²) in [6.45, 7) is 9.74. The Bertz CT molecular complexity index is 935. The van der Waals surface area contributed by atoms with Crippen molar-refractivity contribution in [2.75, 3.05) is 26.2 Å². The van der Waals surface area contributed by atoms with Crippen molar-refractivity contribution in [1.82, 2.24) is 9.21 Å². The number of hydrogen-bond donors (Lipinski definition) is 0. The molecule has 0 saturated carbocycles. The summed E-state index contributed by atoms with van der Waals surface area (Å²) in [5.41, 5.74) is 2.88. The first-order valence-corrected chi connectivity index (χ1v) is 11.0. The van der Waals surface area contributed by atoms with Gasteiger partial charge in [0.2, 0.25) is 10.0 Å². The van der Waals surface area contributed by atoms with Crippen LogP contribution in [0.2, 0.25) is 0 Å². The quantitative estimate of drug-likeness (QED) is 0.793. The SMILES string of the molecule is Cc1ccc(S(=O)(=O)N2CCN(C(=O)c3ccc(C(C)(C)C)cc3)CC2)cc1. The molecule has 0 spiro atoms. The van der Waals surface area contributed by atoms with Gasteiger partial charge in [-0.25, -0.2) is 8.42 Å². The van der Waals surface area contributed by atoms with Gasteiger partial charge in [0.15, 0.2) is 0 Å². The van der Waals surface area contributed by atoms with Crippen molar-refractivity contribution in [2.45, 2.75) is 38.0 Å². The number of benzene rings is 2. The number of sulfonamides is 1. The maximum Gasteiger partial charge on any atom is 0.253 e. The van der Waals surface area contributed by atoms with Crippen molar-refractivity contribution in [3.05, 3.63) is 65.2 Å². The van der Waals surface area contributed by atoms with Crippen LogP contribution in [0.3, 0.4) is 0 Å². The van der Waals surface area contributed by atoms with Gasteiger partial charge in [-0.3, -0.25) is 4.79 Å². The van der Waals surface area contributed by atoms with Crippen LogP contribution in [0.1, 0.15) is 42.3 Å². The summed E-state index contributed by atoms with van der Waals surface area (Å²) in [5.74, 6) is -0.0483. The van der Waals surface area contributed by atoms with Gasteiger partial charge in [-0.15, -0.1) is 0 Å². The summed E-state index contributed by atoms with van der Waals surface area (Å²) < 4.78 is 27.1. The lowest BCUT2D eigenvalue weighted by molar-refractivity contribution is 0.0698. The fraction of sp³-hybridized carbons (Fsp3) is 0.409. The molecule has 1 amide bonds. The van der Waals surface area contributed by atoms with E-state index < -0.39 is 10.0 Å². The van der Waals surface area contributed by atoms with E-state index in [-0.39, 0.29) is 11.3 Å². The number of aryl methyl sites for hydroxylation is 1. The van der Waals surface area contributed by atoms with E-state index in [1.54, 1.807) is 29.2 Å². The third kappa shape index (κ3) is 4.28. The minimum Gasteiger partial charge on any atom is -0.336 e. The van der Waals surface area contributed by atoms with E-state index in [9.17, 15) is 13.2 Å². The molecule has 3 rings (SSSR count). The van der Waals surface area contributed by atoms with Gasteiger partial charge in [0.05, 0.1) is 4.90 Å². The average molecular weight is 401 g/mol. The predicted molar refractivity (Wildman–Crippen MR) is 111 cm³/mol. The van der Waals surface area contributed by atoms with Crippen molar-refractivity contribution in [1.29, 1.82) is 0 Å². The fourth-order valence-electron chi connectivity index (χ4n) is 3.29. The Morgan fingerprint density at radius 1 is 0.857 bits per heavy atom. The number of nitrogens with zero attached hydrogens (tertiary/aromatic N) is 2. The zero-order valence-corrected chi connectivity index (χ0v) is 17.8. The maximum atomic E-state index is 12.8. The molecular formula is C22H28N2O3S. The van der Waals surface area contributed by atoms with Crippen LogP contribution in [0.5, 0.6) is 0 Å². The molecule has 0 atom stereocenters. The van der Waals surface area contributed by atoms with Gasteiger partial charge in [-0.1, -0.05) is 50.6 Å². The molecule has 1 aliphatic heterocycles. The Morgan fingerprint density at radius 2 is 1.39 bits per heavy atom. The van der Waals surface area contributed by atoms with Crippen molar-refractivity contribution < 1.29 is 13.2 Å².